The molecule has 0 saturated carbocycles. The van der Waals surface area contributed by atoms with Crippen LogP contribution in [0.2, 0.25) is 0 Å². The van der Waals surface area contributed by atoms with Gasteiger partial charge in [0.05, 0.1) is 19.2 Å². The molecule has 1 aliphatic carbocycles. The second kappa shape index (κ2) is 14.8. The molecule has 5 rings (SSSR count). The van der Waals surface area contributed by atoms with Gasteiger partial charge in [-0.3, -0.25) is 14.5 Å². The number of benzene rings is 3. The van der Waals surface area contributed by atoms with E-state index in [9.17, 15) is 9.59 Å². The van der Waals surface area contributed by atoms with E-state index in [-0.39, 0.29) is 18.4 Å². The van der Waals surface area contributed by atoms with Gasteiger partial charge in [-0.2, -0.15) is 0 Å². The normalized spacial score (nSPS) is 16.1. The summed E-state index contributed by atoms with van der Waals surface area (Å²) < 4.78 is 11.5. The van der Waals surface area contributed by atoms with Crippen molar-refractivity contribution in [3.63, 3.8) is 0 Å². The van der Waals surface area contributed by atoms with Crippen LogP contribution in [0.15, 0.2) is 60.7 Å². The van der Waals surface area contributed by atoms with Crippen molar-refractivity contribution in [2.45, 2.75) is 71.9 Å². The Labute approximate surface area is 262 Å². The van der Waals surface area contributed by atoms with Gasteiger partial charge in [-0.05, 0) is 98.9 Å². The molecule has 2 aliphatic rings. The Bertz CT molecular complexity index is 1440. The third-order valence-electron chi connectivity index (χ3n) is 9.04. The number of amides is 2. The van der Waals surface area contributed by atoms with Crippen LogP contribution in [0, 0.1) is 6.92 Å². The van der Waals surface area contributed by atoms with E-state index in [4.69, 9.17) is 9.47 Å². The highest BCUT2D eigenvalue weighted by Crippen LogP contribution is 2.31. The molecule has 1 aliphatic heterocycles. The molecule has 1 heterocycles. The average Bonchev–Trinajstić information content (AvgIpc) is 3.07. The van der Waals surface area contributed by atoms with Crippen molar-refractivity contribution in [1.82, 2.24) is 9.80 Å². The zero-order chi connectivity index (χ0) is 31.1. The maximum Gasteiger partial charge on any atom is 0.260 e. The lowest BCUT2D eigenvalue weighted by Gasteiger charge is -2.30. The minimum Gasteiger partial charge on any atom is -0.497 e. The van der Waals surface area contributed by atoms with Gasteiger partial charge in [0.25, 0.3) is 5.91 Å². The number of anilines is 1. The van der Waals surface area contributed by atoms with E-state index in [0.29, 0.717) is 32.1 Å². The van der Waals surface area contributed by atoms with Gasteiger partial charge in [-0.15, -0.1) is 0 Å². The summed E-state index contributed by atoms with van der Waals surface area (Å²) in [6.45, 7) is 9.69. The first-order valence-corrected chi connectivity index (χ1v) is 16.1. The van der Waals surface area contributed by atoms with Gasteiger partial charge in [0.2, 0.25) is 5.91 Å². The van der Waals surface area contributed by atoms with Crippen molar-refractivity contribution < 1.29 is 19.1 Å². The molecule has 234 valence electrons. The van der Waals surface area contributed by atoms with Crippen LogP contribution in [0.3, 0.4) is 0 Å². The number of methoxy groups -OCH3 is 1. The Morgan fingerprint density at radius 3 is 2.34 bits per heavy atom. The number of fused-ring (bicyclic) bond motifs is 2. The molecule has 44 heavy (non-hydrogen) atoms. The smallest absolute Gasteiger partial charge is 0.260 e. The number of carbonyl (C=O) groups excluding carboxylic acids is 2. The molecule has 0 atom stereocenters. The molecule has 0 N–H and O–H groups in total. The van der Waals surface area contributed by atoms with Crippen molar-refractivity contribution >= 4 is 17.5 Å². The average molecular weight is 598 g/mol. The Morgan fingerprint density at radius 2 is 1.57 bits per heavy atom. The van der Waals surface area contributed by atoms with Crippen molar-refractivity contribution in [2.24, 2.45) is 0 Å². The van der Waals surface area contributed by atoms with Crippen LogP contribution in [0.1, 0.15) is 60.9 Å². The summed E-state index contributed by atoms with van der Waals surface area (Å²) >= 11 is 0. The SMILES string of the molecule is COc1ccc(CC(=O)N2CCCN(C(C)C)CCN(C(=O)COc3cccc4c3CCCC4)Cc3cccc(C)c32)cc1. The van der Waals surface area contributed by atoms with Gasteiger partial charge < -0.3 is 19.3 Å². The summed E-state index contributed by atoms with van der Waals surface area (Å²) in [5, 5.41) is 0. The first-order chi connectivity index (χ1) is 21.3. The monoisotopic (exact) mass is 597 g/mol. The molecule has 0 unspecified atom stereocenters. The largest absolute Gasteiger partial charge is 0.497 e. The van der Waals surface area contributed by atoms with E-state index in [1.807, 2.05) is 52.3 Å². The van der Waals surface area contributed by atoms with E-state index < -0.39 is 0 Å². The summed E-state index contributed by atoms with van der Waals surface area (Å²) in [6, 6.07) is 20.4. The van der Waals surface area contributed by atoms with Crippen molar-refractivity contribution in [1.29, 1.82) is 0 Å². The van der Waals surface area contributed by atoms with Crippen LogP contribution in [0.5, 0.6) is 11.5 Å². The lowest BCUT2D eigenvalue weighted by Crippen LogP contribution is -2.42. The molecule has 0 bridgehead atoms. The lowest BCUT2D eigenvalue weighted by atomic mass is 9.91. The van der Waals surface area contributed by atoms with Gasteiger partial charge in [-0.25, -0.2) is 0 Å². The highest BCUT2D eigenvalue weighted by Gasteiger charge is 2.26. The Balaban J connectivity index is 1.41. The van der Waals surface area contributed by atoms with Gasteiger partial charge >= 0.3 is 0 Å². The third kappa shape index (κ3) is 7.62. The van der Waals surface area contributed by atoms with Crippen molar-refractivity contribution in [3.05, 3.63) is 88.5 Å². The summed E-state index contributed by atoms with van der Waals surface area (Å²) in [4.78, 5) is 34.1. The van der Waals surface area contributed by atoms with E-state index in [1.54, 1.807) is 7.11 Å². The molecular formula is C37H47N3O4. The van der Waals surface area contributed by atoms with Crippen LogP contribution in [0.4, 0.5) is 5.69 Å². The molecule has 2 amide bonds. The van der Waals surface area contributed by atoms with Crippen molar-refractivity contribution in [3.8, 4) is 11.5 Å². The molecule has 7 nitrogen and oxygen atoms in total. The molecule has 0 fully saturated rings. The molecule has 7 heteroatoms. The Morgan fingerprint density at radius 1 is 0.818 bits per heavy atom. The van der Waals surface area contributed by atoms with E-state index in [2.05, 4.69) is 43.9 Å². The first kappa shape index (κ1) is 31.6. The molecule has 0 spiro atoms. The molecule has 0 aromatic heterocycles. The zero-order valence-corrected chi connectivity index (χ0v) is 26.8. The quantitative estimate of drug-likeness (QED) is 0.335. The molecule has 0 radical (unpaired) electrons. The van der Waals surface area contributed by atoms with Crippen LogP contribution in [0.25, 0.3) is 0 Å². The Hall–Kier alpha value is -3.84. The lowest BCUT2D eigenvalue weighted by molar-refractivity contribution is -0.134. The fourth-order valence-corrected chi connectivity index (χ4v) is 6.53. The number of para-hydroxylation sites is 1. The maximum absolute atomic E-state index is 14.0. The second-order valence-corrected chi connectivity index (χ2v) is 12.3. The highest BCUT2D eigenvalue weighted by molar-refractivity contribution is 5.96. The standard InChI is InChI=1S/C37H47N3O4/c1-27(2)38-20-9-21-40(35(41)24-29-16-18-32(43-4)19-17-29)37-28(3)10-7-13-31(37)25-39(23-22-38)36(42)26-44-34-15-8-12-30-11-5-6-14-33(30)34/h7-8,10,12-13,15-19,27H,5-6,9,11,14,20-26H2,1-4H3. The molecule has 0 saturated heterocycles. The van der Waals surface area contributed by atoms with E-state index in [0.717, 1.165) is 72.6 Å². The fraction of sp³-hybridized carbons (Fsp3) is 0.459. The highest BCUT2D eigenvalue weighted by atomic mass is 16.5. The Kier molecular flexibility index (Phi) is 10.6. The summed E-state index contributed by atoms with van der Waals surface area (Å²) in [7, 11) is 1.64. The van der Waals surface area contributed by atoms with Crippen LogP contribution in [-0.4, -0.2) is 67.6 Å². The van der Waals surface area contributed by atoms with Gasteiger partial charge in [0, 0.05) is 38.8 Å². The van der Waals surface area contributed by atoms with E-state index >= 15 is 0 Å². The molecule has 3 aromatic rings. The number of hydrogen-bond acceptors (Lipinski definition) is 5. The predicted octanol–water partition coefficient (Wildman–Crippen LogP) is 5.98. The molecular weight excluding hydrogens is 550 g/mol. The number of aryl methyl sites for hydroxylation is 2. The maximum atomic E-state index is 14.0. The fourth-order valence-electron chi connectivity index (χ4n) is 6.53. The van der Waals surface area contributed by atoms with Crippen LogP contribution >= 0.6 is 0 Å². The second-order valence-electron chi connectivity index (χ2n) is 12.3. The van der Waals surface area contributed by atoms with Crippen molar-refractivity contribution in [2.75, 3.05) is 44.8 Å². The van der Waals surface area contributed by atoms with Gasteiger partial charge in [0.15, 0.2) is 6.61 Å². The number of ether oxygens (including phenoxy) is 2. The number of carbonyl (C=O) groups is 2. The zero-order valence-electron chi connectivity index (χ0n) is 26.8. The number of rotatable bonds is 7. The third-order valence-corrected chi connectivity index (χ3v) is 9.04. The first-order valence-electron chi connectivity index (χ1n) is 16.1. The van der Waals surface area contributed by atoms with Crippen LogP contribution in [-0.2, 0) is 35.4 Å². The van der Waals surface area contributed by atoms with Crippen LogP contribution < -0.4 is 14.4 Å². The summed E-state index contributed by atoms with van der Waals surface area (Å²) in [6.07, 6.45) is 5.57. The topological polar surface area (TPSA) is 62.3 Å². The molecule has 3 aromatic carbocycles. The van der Waals surface area contributed by atoms with Gasteiger partial charge in [-0.1, -0.05) is 42.5 Å². The minimum absolute atomic E-state index is 0.000600. The summed E-state index contributed by atoms with van der Waals surface area (Å²) in [5.74, 6) is 1.62. The number of hydrogen-bond donors (Lipinski definition) is 0. The predicted molar refractivity (Wildman–Crippen MR) is 176 cm³/mol. The van der Waals surface area contributed by atoms with Gasteiger partial charge in [0.1, 0.15) is 11.5 Å². The minimum atomic E-state index is -0.0371. The number of nitrogens with zero attached hydrogens (tertiary/aromatic N) is 3. The van der Waals surface area contributed by atoms with E-state index in [1.165, 1.54) is 17.5 Å². The summed E-state index contributed by atoms with van der Waals surface area (Å²) in [5.41, 5.74) is 6.47.